The van der Waals surface area contributed by atoms with Gasteiger partial charge in [0.05, 0.1) is 29.8 Å². The summed E-state index contributed by atoms with van der Waals surface area (Å²) in [5.74, 6) is -0.357. The Balaban J connectivity index is 1.96. The highest BCUT2D eigenvalue weighted by molar-refractivity contribution is 5.89. The zero-order valence-electron chi connectivity index (χ0n) is 15.7. The van der Waals surface area contributed by atoms with Crippen LogP contribution in [0.15, 0.2) is 30.6 Å². The lowest BCUT2D eigenvalue weighted by atomic mass is 10.2. The Hall–Kier alpha value is -3.27. The second-order valence-corrected chi connectivity index (χ2v) is 6.39. The fourth-order valence-corrected chi connectivity index (χ4v) is 3.09. The molecule has 10 nitrogen and oxygen atoms in total. The van der Waals surface area contributed by atoms with Crippen molar-refractivity contribution in [3.05, 3.63) is 46.3 Å². The van der Waals surface area contributed by atoms with E-state index >= 15 is 0 Å². The molecular weight excluding hydrogens is 368 g/mol. The summed E-state index contributed by atoms with van der Waals surface area (Å²) in [6.45, 7) is 4.70. The Labute approximate surface area is 161 Å². The number of aromatic nitrogens is 2. The topological polar surface area (TPSA) is 117 Å². The fraction of sp³-hybridized carbons (Fsp3) is 0.389. The van der Waals surface area contributed by atoms with Gasteiger partial charge >= 0.3 is 17.5 Å². The number of esters is 1. The van der Waals surface area contributed by atoms with Crippen molar-refractivity contribution in [3.8, 4) is 11.6 Å². The number of nitrogens with zero attached hydrogens (tertiary/aromatic N) is 4. The largest absolute Gasteiger partial charge is 0.465 e. The molecule has 1 aromatic heterocycles. The minimum Gasteiger partial charge on any atom is -0.465 e. The molecule has 148 valence electrons. The van der Waals surface area contributed by atoms with Gasteiger partial charge < -0.3 is 19.1 Å². The van der Waals surface area contributed by atoms with Crippen LogP contribution in [0.3, 0.4) is 0 Å². The standard InChI is InChI=1S/C18H20N4O6/c1-11-8-21(9-12(2)27-11)16-15(22(24)25)17(20-10-19-16)28-14-6-4-5-13(7-14)18(23)26-3/h4-7,10-12H,8-9H2,1-3H3. The number of benzene rings is 1. The zero-order chi connectivity index (χ0) is 20.3. The summed E-state index contributed by atoms with van der Waals surface area (Å²) in [6.07, 6.45) is 1.02. The molecule has 3 rings (SSSR count). The number of anilines is 1. The third kappa shape index (κ3) is 4.17. The van der Waals surface area contributed by atoms with Crippen molar-refractivity contribution in [1.29, 1.82) is 0 Å². The van der Waals surface area contributed by atoms with Crippen LogP contribution in [0.2, 0.25) is 0 Å². The molecule has 0 radical (unpaired) electrons. The van der Waals surface area contributed by atoms with Gasteiger partial charge in [-0.2, -0.15) is 4.98 Å². The minimum absolute atomic E-state index is 0.0978. The van der Waals surface area contributed by atoms with Crippen LogP contribution in [-0.4, -0.2) is 53.3 Å². The number of hydrogen-bond acceptors (Lipinski definition) is 9. The summed E-state index contributed by atoms with van der Waals surface area (Å²) in [5.41, 5.74) is -0.0833. The molecule has 1 fully saturated rings. The van der Waals surface area contributed by atoms with E-state index in [4.69, 9.17) is 9.47 Å². The molecule has 0 amide bonds. The molecule has 10 heteroatoms. The van der Waals surface area contributed by atoms with Gasteiger partial charge in [0.1, 0.15) is 12.1 Å². The van der Waals surface area contributed by atoms with Crippen molar-refractivity contribution in [1.82, 2.24) is 9.97 Å². The first kappa shape index (κ1) is 19.5. The molecule has 2 heterocycles. The molecule has 0 bridgehead atoms. The molecule has 0 N–H and O–H groups in total. The van der Waals surface area contributed by atoms with Gasteiger partial charge in [-0.1, -0.05) is 6.07 Å². The molecule has 1 aromatic carbocycles. The second-order valence-electron chi connectivity index (χ2n) is 6.39. The fourth-order valence-electron chi connectivity index (χ4n) is 3.09. The predicted octanol–water partition coefficient (Wildman–Crippen LogP) is 2.58. The van der Waals surface area contributed by atoms with Crippen molar-refractivity contribution >= 4 is 17.5 Å². The van der Waals surface area contributed by atoms with E-state index in [-0.39, 0.29) is 40.9 Å². The van der Waals surface area contributed by atoms with Crippen molar-refractivity contribution in [2.75, 3.05) is 25.1 Å². The molecule has 2 aromatic rings. The number of morpholine rings is 1. The first-order valence-electron chi connectivity index (χ1n) is 8.65. The SMILES string of the molecule is COC(=O)c1cccc(Oc2ncnc(N3CC(C)OC(C)C3)c2[N+](=O)[O-])c1. The van der Waals surface area contributed by atoms with E-state index in [0.29, 0.717) is 13.1 Å². The Bertz CT molecular complexity index is 880. The van der Waals surface area contributed by atoms with Crippen molar-refractivity contribution in [3.63, 3.8) is 0 Å². The summed E-state index contributed by atoms with van der Waals surface area (Å²) in [6, 6.07) is 6.13. The average molecular weight is 388 g/mol. The quantitative estimate of drug-likeness (QED) is 0.433. The Morgan fingerprint density at radius 2 is 2.00 bits per heavy atom. The Kier molecular flexibility index (Phi) is 5.69. The lowest BCUT2D eigenvalue weighted by Gasteiger charge is -2.35. The first-order chi connectivity index (χ1) is 13.4. The number of hydrogen-bond donors (Lipinski definition) is 0. The molecule has 0 aliphatic carbocycles. The van der Waals surface area contributed by atoms with Crippen molar-refractivity contribution < 1.29 is 23.9 Å². The Morgan fingerprint density at radius 3 is 2.64 bits per heavy atom. The van der Waals surface area contributed by atoms with Gasteiger partial charge in [0.15, 0.2) is 0 Å². The van der Waals surface area contributed by atoms with Crippen LogP contribution in [0.25, 0.3) is 0 Å². The maximum atomic E-state index is 11.8. The highest BCUT2D eigenvalue weighted by Crippen LogP contribution is 2.37. The second kappa shape index (κ2) is 8.17. The lowest BCUT2D eigenvalue weighted by molar-refractivity contribution is -0.385. The van der Waals surface area contributed by atoms with Crippen LogP contribution in [-0.2, 0) is 9.47 Å². The van der Waals surface area contributed by atoms with Gasteiger partial charge in [-0.15, -0.1) is 0 Å². The molecule has 2 unspecified atom stereocenters. The molecule has 1 aliphatic heterocycles. The zero-order valence-corrected chi connectivity index (χ0v) is 15.7. The summed E-state index contributed by atoms with van der Waals surface area (Å²) in [7, 11) is 1.27. The highest BCUT2D eigenvalue weighted by Gasteiger charge is 2.32. The third-order valence-electron chi connectivity index (χ3n) is 4.14. The first-order valence-corrected chi connectivity index (χ1v) is 8.65. The van der Waals surface area contributed by atoms with E-state index in [9.17, 15) is 14.9 Å². The van der Waals surface area contributed by atoms with E-state index in [0.717, 1.165) is 0 Å². The monoisotopic (exact) mass is 388 g/mol. The van der Waals surface area contributed by atoms with Crippen LogP contribution < -0.4 is 9.64 Å². The van der Waals surface area contributed by atoms with Crippen molar-refractivity contribution in [2.45, 2.75) is 26.1 Å². The Morgan fingerprint density at radius 1 is 1.29 bits per heavy atom. The third-order valence-corrected chi connectivity index (χ3v) is 4.14. The van der Waals surface area contributed by atoms with Gasteiger partial charge in [-0.25, -0.2) is 9.78 Å². The molecule has 0 saturated carbocycles. The average Bonchev–Trinajstić information content (AvgIpc) is 2.66. The molecule has 0 spiro atoms. The maximum absolute atomic E-state index is 11.8. The van der Waals surface area contributed by atoms with Crippen LogP contribution in [0.5, 0.6) is 11.6 Å². The van der Waals surface area contributed by atoms with Crippen LogP contribution >= 0.6 is 0 Å². The molecule has 28 heavy (non-hydrogen) atoms. The molecule has 1 saturated heterocycles. The van der Waals surface area contributed by atoms with Crippen molar-refractivity contribution in [2.24, 2.45) is 0 Å². The van der Waals surface area contributed by atoms with Crippen LogP contribution in [0.4, 0.5) is 11.5 Å². The summed E-state index contributed by atoms with van der Waals surface area (Å²) >= 11 is 0. The summed E-state index contributed by atoms with van der Waals surface area (Å²) < 4.78 is 16.0. The molecule has 2 atom stereocenters. The van der Waals surface area contributed by atoms with Gasteiger partial charge in [-0.05, 0) is 32.0 Å². The van der Waals surface area contributed by atoms with E-state index in [1.54, 1.807) is 23.1 Å². The molecular formula is C18H20N4O6. The maximum Gasteiger partial charge on any atom is 0.373 e. The summed E-state index contributed by atoms with van der Waals surface area (Å²) in [4.78, 5) is 32.7. The summed E-state index contributed by atoms with van der Waals surface area (Å²) in [5, 5.41) is 11.8. The number of carbonyl (C=O) groups excluding carboxylic acids is 1. The van der Waals surface area contributed by atoms with Gasteiger partial charge in [-0.3, -0.25) is 10.1 Å². The highest BCUT2D eigenvalue weighted by atomic mass is 16.6. The van der Waals surface area contributed by atoms with Crippen LogP contribution in [0, 0.1) is 10.1 Å². The lowest BCUT2D eigenvalue weighted by Crippen LogP contribution is -2.46. The van der Waals surface area contributed by atoms with Crippen LogP contribution in [0.1, 0.15) is 24.2 Å². The van der Waals surface area contributed by atoms with E-state index in [1.165, 1.54) is 19.5 Å². The van der Waals surface area contributed by atoms with Gasteiger partial charge in [0.2, 0.25) is 5.82 Å². The smallest absolute Gasteiger partial charge is 0.373 e. The number of ether oxygens (including phenoxy) is 3. The molecule has 1 aliphatic rings. The number of carbonyl (C=O) groups is 1. The normalized spacial score (nSPS) is 19.2. The van der Waals surface area contributed by atoms with Gasteiger partial charge in [0.25, 0.3) is 0 Å². The predicted molar refractivity (Wildman–Crippen MR) is 98.8 cm³/mol. The number of rotatable bonds is 5. The van der Waals surface area contributed by atoms with E-state index in [1.807, 2.05) is 13.8 Å². The minimum atomic E-state index is -0.570. The van der Waals surface area contributed by atoms with E-state index < -0.39 is 10.9 Å². The number of nitro groups is 1. The number of methoxy groups -OCH3 is 1. The van der Waals surface area contributed by atoms with Gasteiger partial charge in [0, 0.05) is 13.1 Å². The van der Waals surface area contributed by atoms with E-state index in [2.05, 4.69) is 14.7 Å².